The molecule has 6 nitrogen and oxygen atoms in total. The molecule has 1 saturated carbocycles. The lowest BCUT2D eigenvalue weighted by Crippen LogP contribution is -2.48. The molecular weight excluding hydrogens is 304 g/mol. The number of carbonyl (C=O) groups excluding carboxylic acids is 1. The van der Waals surface area contributed by atoms with Crippen LogP contribution in [0, 0.1) is 5.92 Å². The number of hydrogen-bond donors (Lipinski definition) is 2. The minimum atomic E-state index is -0.476. The van der Waals surface area contributed by atoms with Crippen molar-refractivity contribution in [1.29, 1.82) is 0 Å². The van der Waals surface area contributed by atoms with Crippen molar-refractivity contribution in [2.24, 2.45) is 13.0 Å². The third kappa shape index (κ3) is 3.64. The second kappa shape index (κ2) is 7.23. The van der Waals surface area contributed by atoms with Gasteiger partial charge >= 0.3 is 0 Å². The zero-order chi connectivity index (χ0) is 17.3. The van der Waals surface area contributed by atoms with Crippen molar-refractivity contribution in [2.45, 2.75) is 64.1 Å². The standard InChI is InChI=1S/C18H30N4O2/c1-12(2)10-13-11-16(21(3)20-13)18(24)19-14-6-7-15(17(14)23)22-8-4-5-9-22/h11-12,14-15,17,23H,4-10H2,1-3H3,(H,19,24)/t14-,15-,17-/m1/s1. The van der Waals surface area contributed by atoms with E-state index in [1.807, 2.05) is 6.07 Å². The van der Waals surface area contributed by atoms with Crippen LogP contribution >= 0.6 is 0 Å². The lowest BCUT2D eigenvalue weighted by Gasteiger charge is -2.28. The highest BCUT2D eigenvalue weighted by molar-refractivity contribution is 5.92. The highest BCUT2D eigenvalue weighted by Gasteiger charge is 2.39. The molecule has 3 rings (SSSR count). The van der Waals surface area contributed by atoms with Gasteiger partial charge in [-0.05, 0) is 57.2 Å². The van der Waals surface area contributed by atoms with Gasteiger partial charge in [-0.3, -0.25) is 14.4 Å². The van der Waals surface area contributed by atoms with Crippen LogP contribution in [0.15, 0.2) is 6.07 Å². The van der Waals surface area contributed by atoms with Gasteiger partial charge in [-0.2, -0.15) is 5.10 Å². The molecule has 6 heteroatoms. The molecule has 1 aromatic heterocycles. The highest BCUT2D eigenvalue weighted by Crippen LogP contribution is 2.27. The summed E-state index contributed by atoms with van der Waals surface area (Å²) in [7, 11) is 1.80. The van der Waals surface area contributed by atoms with Gasteiger partial charge < -0.3 is 10.4 Å². The molecule has 0 unspecified atom stereocenters. The maximum absolute atomic E-state index is 12.6. The molecule has 2 N–H and O–H groups in total. The van der Waals surface area contributed by atoms with Crippen LogP contribution in [-0.4, -0.2) is 57.0 Å². The monoisotopic (exact) mass is 334 g/mol. The summed E-state index contributed by atoms with van der Waals surface area (Å²) in [6.07, 6.45) is 4.61. The zero-order valence-corrected chi connectivity index (χ0v) is 15.0. The summed E-state index contributed by atoms with van der Waals surface area (Å²) in [5.74, 6) is 0.375. The minimum Gasteiger partial charge on any atom is -0.389 e. The number of nitrogens with one attached hydrogen (secondary N) is 1. The van der Waals surface area contributed by atoms with Crippen molar-refractivity contribution in [3.8, 4) is 0 Å². The Morgan fingerprint density at radius 2 is 2.08 bits per heavy atom. The SMILES string of the molecule is CC(C)Cc1cc(C(=O)N[C@@H]2CC[C@@H](N3CCCC3)[C@@H]2O)n(C)n1. The molecule has 2 heterocycles. The van der Waals surface area contributed by atoms with E-state index in [2.05, 4.69) is 29.2 Å². The first kappa shape index (κ1) is 17.4. The van der Waals surface area contributed by atoms with Gasteiger partial charge in [-0.25, -0.2) is 0 Å². The van der Waals surface area contributed by atoms with Gasteiger partial charge in [0.05, 0.1) is 17.8 Å². The number of nitrogens with zero attached hydrogens (tertiary/aromatic N) is 3. The lowest BCUT2D eigenvalue weighted by atomic mass is 10.1. The Labute approximate surface area is 144 Å². The van der Waals surface area contributed by atoms with Crippen LogP contribution in [0.5, 0.6) is 0 Å². The molecule has 0 aromatic carbocycles. The highest BCUT2D eigenvalue weighted by atomic mass is 16.3. The number of aliphatic hydroxyl groups excluding tert-OH is 1. The van der Waals surface area contributed by atoms with Crippen LogP contribution in [-0.2, 0) is 13.5 Å². The normalized spacial score (nSPS) is 28.0. The number of aromatic nitrogens is 2. The molecule has 24 heavy (non-hydrogen) atoms. The number of hydrogen-bond acceptors (Lipinski definition) is 4. The van der Waals surface area contributed by atoms with Gasteiger partial charge in [0.2, 0.25) is 0 Å². The Kier molecular flexibility index (Phi) is 5.25. The Hall–Kier alpha value is -1.40. The largest absolute Gasteiger partial charge is 0.389 e. The summed E-state index contributed by atoms with van der Waals surface area (Å²) in [5.41, 5.74) is 1.52. The zero-order valence-electron chi connectivity index (χ0n) is 15.0. The average Bonchev–Trinajstić information content (AvgIpc) is 3.21. The van der Waals surface area contributed by atoms with E-state index in [1.165, 1.54) is 12.8 Å². The lowest BCUT2D eigenvalue weighted by molar-refractivity contribution is 0.0616. The first-order chi connectivity index (χ1) is 11.5. The van der Waals surface area contributed by atoms with E-state index in [0.29, 0.717) is 11.6 Å². The van der Waals surface area contributed by atoms with E-state index in [9.17, 15) is 9.90 Å². The second-order valence-electron chi connectivity index (χ2n) is 7.70. The molecule has 2 aliphatic rings. The Morgan fingerprint density at radius 1 is 1.38 bits per heavy atom. The van der Waals surface area contributed by atoms with Gasteiger partial charge in [0.1, 0.15) is 5.69 Å². The quantitative estimate of drug-likeness (QED) is 0.852. The smallest absolute Gasteiger partial charge is 0.269 e. The molecule has 1 aromatic rings. The fraction of sp³-hybridized carbons (Fsp3) is 0.778. The maximum Gasteiger partial charge on any atom is 0.269 e. The molecule has 0 spiro atoms. The molecule has 0 bridgehead atoms. The summed E-state index contributed by atoms with van der Waals surface area (Å²) in [5, 5.41) is 18.1. The van der Waals surface area contributed by atoms with Crippen molar-refractivity contribution in [2.75, 3.05) is 13.1 Å². The van der Waals surface area contributed by atoms with Gasteiger partial charge in [-0.15, -0.1) is 0 Å². The molecule has 3 atom stereocenters. The molecule has 0 radical (unpaired) electrons. The molecule has 2 fully saturated rings. The van der Waals surface area contributed by atoms with Crippen LogP contribution in [0.25, 0.3) is 0 Å². The van der Waals surface area contributed by atoms with Gasteiger partial charge in [0.25, 0.3) is 5.91 Å². The Morgan fingerprint density at radius 3 is 2.75 bits per heavy atom. The fourth-order valence-electron chi connectivity index (χ4n) is 4.09. The molecule has 1 aliphatic carbocycles. The maximum atomic E-state index is 12.6. The van der Waals surface area contributed by atoms with Crippen LogP contribution in [0.4, 0.5) is 0 Å². The first-order valence-corrected chi connectivity index (χ1v) is 9.21. The topological polar surface area (TPSA) is 70.4 Å². The Balaban J connectivity index is 1.61. The number of amides is 1. The summed E-state index contributed by atoms with van der Waals surface area (Å²) in [6, 6.07) is 1.90. The number of likely N-dealkylation sites (tertiary alicyclic amines) is 1. The number of aliphatic hydroxyl groups is 1. The van der Waals surface area contributed by atoms with E-state index in [1.54, 1.807) is 11.7 Å². The number of rotatable bonds is 5. The van der Waals surface area contributed by atoms with Crippen molar-refractivity contribution >= 4 is 5.91 Å². The van der Waals surface area contributed by atoms with Crippen molar-refractivity contribution in [3.63, 3.8) is 0 Å². The van der Waals surface area contributed by atoms with Crippen LogP contribution in [0.1, 0.15) is 55.7 Å². The van der Waals surface area contributed by atoms with Gasteiger partial charge in [0.15, 0.2) is 0 Å². The van der Waals surface area contributed by atoms with Crippen LogP contribution in [0.3, 0.4) is 0 Å². The molecular formula is C18H30N4O2. The van der Waals surface area contributed by atoms with E-state index in [4.69, 9.17) is 0 Å². The van der Waals surface area contributed by atoms with Gasteiger partial charge in [-0.1, -0.05) is 13.8 Å². The average molecular weight is 334 g/mol. The number of carbonyl (C=O) groups is 1. The predicted octanol–water partition coefficient (Wildman–Crippen LogP) is 1.34. The van der Waals surface area contributed by atoms with E-state index in [0.717, 1.165) is 38.0 Å². The minimum absolute atomic E-state index is 0.133. The third-order valence-corrected chi connectivity index (χ3v) is 5.29. The van der Waals surface area contributed by atoms with E-state index < -0.39 is 6.10 Å². The van der Waals surface area contributed by atoms with Gasteiger partial charge in [0, 0.05) is 13.1 Å². The summed E-state index contributed by atoms with van der Waals surface area (Å²) in [6.45, 7) is 6.43. The molecule has 1 amide bonds. The number of aryl methyl sites for hydroxylation is 1. The van der Waals surface area contributed by atoms with Crippen molar-refractivity contribution in [3.05, 3.63) is 17.5 Å². The summed E-state index contributed by atoms with van der Waals surface area (Å²) >= 11 is 0. The Bertz CT molecular complexity index is 578. The van der Waals surface area contributed by atoms with Crippen molar-refractivity contribution < 1.29 is 9.90 Å². The van der Waals surface area contributed by atoms with Crippen LogP contribution < -0.4 is 5.32 Å². The van der Waals surface area contributed by atoms with E-state index >= 15 is 0 Å². The van der Waals surface area contributed by atoms with Crippen LogP contribution in [0.2, 0.25) is 0 Å². The molecule has 134 valence electrons. The van der Waals surface area contributed by atoms with Crippen molar-refractivity contribution in [1.82, 2.24) is 20.0 Å². The molecule has 1 aliphatic heterocycles. The van der Waals surface area contributed by atoms with E-state index in [-0.39, 0.29) is 18.0 Å². The molecule has 1 saturated heterocycles. The fourth-order valence-corrected chi connectivity index (χ4v) is 4.09. The summed E-state index contributed by atoms with van der Waals surface area (Å²) < 4.78 is 1.65. The first-order valence-electron chi connectivity index (χ1n) is 9.21. The predicted molar refractivity (Wildman–Crippen MR) is 92.8 cm³/mol. The summed E-state index contributed by atoms with van der Waals surface area (Å²) in [4.78, 5) is 15.0. The third-order valence-electron chi connectivity index (χ3n) is 5.29. The second-order valence-corrected chi connectivity index (χ2v) is 7.70.